The molecule has 0 fully saturated rings. The molecule has 0 aliphatic carbocycles. The summed E-state index contributed by atoms with van der Waals surface area (Å²) in [6, 6.07) is 50.5. The van der Waals surface area contributed by atoms with Crippen LogP contribution < -0.4 is 0 Å². The molecule has 7 rings (SSSR count). The number of thioether (sulfide) groups is 2. The molecule has 0 aliphatic heterocycles. The van der Waals surface area contributed by atoms with Crippen LogP contribution in [0.5, 0.6) is 0 Å². The van der Waals surface area contributed by atoms with Gasteiger partial charge in [0.1, 0.15) is 0 Å². The summed E-state index contributed by atoms with van der Waals surface area (Å²) in [7, 11) is 0. The van der Waals surface area contributed by atoms with Crippen molar-refractivity contribution in [1.82, 2.24) is 19.9 Å². The van der Waals surface area contributed by atoms with Crippen LogP contribution in [0, 0.1) is 0 Å². The first-order valence-electron chi connectivity index (χ1n) is 14.6. The second kappa shape index (κ2) is 13.2. The summed E-state index contributed by atoms with van der Waals surface area (Å²) in [5.41, 5.74) is 11.1. The first-order chi connectivity index (χ1) is 21.8. The van der Waals surface area contributed by atoms with Gasteiger partial charge in [-0.3, -0.25) is 0 Å². The molecule has 0 aliphatic rings. The Hall–Kier alpha value is -4.78. The van der Waals surface area contributed by atoms with Gasteiger partial charge < -0.3 is 9.97 Å². The lowest BCUT2D eigenvalue weighted by Gasteiger charge is -2.03. The molecule has 44 heavy (non-hydrogen) atoms. The van der Waals surface area contributed by atoms with Gasteiger partial charge in [0, 0.05) is 33.8 Å². The van der Waals surface area contributed by atoms with Gasteiger partial charge in [0.2, 0.25) is 0 Å². The maximum Gasteiger partial charge on any atom is 0.166 e. The first kappa shape index (κ1) is 28.0. The smallest absolute Gasteiger partial charge is 0.166 e. The van der Waals surface area contributed by atoms with Crippen LogP contribution in [-0.2, 0) is 11.5 Å². The van der Waals surface area contributed by atoms with Gasteiger partial charge in [-0.15, -0.1) is 0 Å². The van der Waals surface area contributed by atoms with Gasteiger partial charge in [-0.1, -0.05) is 169 Å². The normalized spacial score (nSPS) is 11.1. The molecule has 0 amide bonds. The molecule has 2 heterocycles. The average Bonchev–Trinajstić information content (AvgIpc) is 3.74. The molecule has 5 aromatic carbocycles. The second-order valence-corrected chi connectivity index (χ2v) is 12.3. The lowest BCUT2D eigenvalue weighted by atomic mass is 10.1. The highest BCUT2D eigenvalue weighted by Crippen LogP contribution is 2.35. The van der Waals surface area contributed by atoms with Crippen molar-refractivity contribution in [3.05, 3.63) is 157 Å². The molecule has 0 unspecified atom stereocenters. The summed E-state index contributed by atoms with van der Waals surface area (Å²) in [5, 5.41) is 1.84. The summed E-state index contributed by atoms with van der Waals surface area (Å²) in [5.74, 6) is 1.67. The Bertz CT molecular complexity index is 1680. The largest absolute Gasteiger partial charge is 0.332 e. The van der Waals surface area contributed by atoms with Crippen molar-refractivity contribution in [2.24, 2.45) is 0 Å². The summed E-state index contributed by atoms with van der Waals surface area (Å²) < 4.78 is 0. The van der Waals surface area contributed by atoms with Crippen LogP contribution in [0.15, 0.2) is 156 Å². The van der Waals surface area contributed by atoms with Gasteiger partial charge >= 0.3 is 0 Å². The molecule has 0 spiro atoms. The number of aromatic nitrogens is 4. The fourth-order valence-electron chi connectivity index (χ4n) is 5.11. The zero-order chi connectivity index (χ0) is 29.6. The van der Waals surface area contributed by atoms with Crippen molar-refractivity contribution in [3.8, 4) is 45.0 Å². The summed E-state index contributed by atoms with van der Waals surface area (Å²) in [6.07, 6.45) is 0. The molecule has 214 valence electrons. The van der Waals surface area contributed by atoms with Crippen molar-refractivity contribution in [3.63, 3.8) is 0 Å². The summed E-state index contributed by atoms with van der Waals surface area (Å²) >= 11 is 3.45. The molecule has 0 saturated carbocycles. The lowest BCUT2D eigenvalue weighted by molar-refractivity contribution is 1.06. The third-order valence-electron chi connectivity index (χ3n) is 7.36. The standard InChI is InChI=1S/C38H30N4S2/c1-5-13-29(14-6-1)33-34(30-15-7-2-8-16-30)40-37(39-33)43-25-27-21-23-28(24-22-27)26-44-38-41-35(31-17-9-3-10-18-31)36(42-38)32-19-11-4-12-20-32/h1-24H,25-26H2,(H,39,40)(H,41,42). The fourth-order valence-corrected chi connectivity index (χ4v) is 6.76. The summed E-state index contributed by atoms with van der Waals surface area (Å²) in [4.78, 5) is 17.2. The van der Waals surface area contributed by atoms with Crippen molar-refractivity contribution < 1.29 is 0 Å². The van der Waals surface area contributed by atoms with Crippen LogP contribution in [-0.4, -0.2) is 19.9 Å². The molecule has 0 atom stereocenters. The molecule has 2 aromatic heterocycles. The lowest BCUT2D eigenvalue weighted by Crippen LogP contribution is -1.86. The maximum absolute atomic E-state index is 5.00. The van der Waals surface area contributed by atoms with E-state index < -0.39 is 0 Å². The van der Waals surface area contributed by atoms with E-state index in [1.807, 2.05) is 24.3 Å². The minimum Gasteiger partial charge on any atom is -0.332 e. The zero-order valence-corrected chi connectivity index (χ0v) is 25.6. The second-order valence-electron chi connectivity index (χ2n) is 10.4. The minimum atomic E-state index is 0.836. The first-order valence-corrected chi connectivity index (χ1v) is 16.5. The monoisotopic (exact) mass is 606 g/mol. The molecular formula is C38H30N4S2. The Kier molecular flexibility index (Phi) is 8.44. The number of nitrogens with zero attached hydrogens (tertiary/aromatic N) is 2. The number of aromatic amines is 2. The van der Waals surface area contributed by atoms with Crippen molar-refractivity contribution in [1.29, 1.82) is 0 Å². The number of nitrogens with one attached hydrogen (secondary N) is 2. The quantitative estimate of drug-likeness (QED) is 0.152. The third-order valence-corrected chi connectivity index (χ3v) is 9.25. The summed E-state index contributed by atoms with van der Waals surface area (Å²) in [6.45, 7) is 0. The van der Waals surface area contributed by atoms with E-state index in [0.717, 1.165) is 66.8 Å². The highest BCUT2D eigenvalue weighted by atomic mass is 32.2. The van der Waals surface area contributed by atoms with Crippen molar-refractivity contribution in [2.75, 3.05) is 0 Å². The van der Waals surface area contributed by atoms with E-state index >= 15 is 0 Å². The molecule has 0 saturated heterocycles. The van der Waals surface area contributed by atoms with Gasteiger partial charge in [0.05, 0.1) is 22.8 Å². The van der Waals surface area contributed by atoms with Crippen molar-refractivity contribution >= 4 is 23.5 Å². The van der Waals surface area contributed by atoms with Gasteiger partial charge in [-0.2, -0.15) is 0 Å². The minimum absolute atomic E-state index is 0.836. The average molecular weight is 607 g/mol. The van der Waals surface area contributed by atoms with E-state index in [-0.39, 0.29) is 0 Å². The number of benzene rings is 5. The predicted molar refractivity (Wildman–Crippen MR) is 184 cm³/mol. The fraction of sp³-hybridized carbons (Fsp3) is 0.0526. The Labute approximate surface area is 266 Å². The Morgan fingerprint density at radius 3 is 1.05 bits per heavy atom. The molecule has 4 nitrogen and oxygen atoms in total. The van der Waals surface area contributed by atoms with E-state index in [1.54, 1.807) is 23.5 Å². The predicted octanol–water partition coefficient (Wildman–Crippen LogP) is 10.4. The molecule has 0 radical (unpaired) electrons. The number of hydrogen-bond donors (Lipinski definition) is 2. The van der Waals surface area contributed by atoms with Gasteiger partial charge in [0.15, 0.2) is 10.3 Å². The van der Waals surface area contributed by atoms with Crippen LogP contribution in [0.1, 0.15) is 11.1 Å². The van der Waals surface area contributed by atoms with Crippen LogP contribution in [0.4, 0.5) is 0 Å². The van der Waals surface area contributed by atoms with Crippen molar-refractivity contribution in [2.45, 2.75) is 21.8 Å². The molecule has 6 heteroatoms. The van der Waals surface area contributed by atoms with E-state index in [9.17, 15) is 0 Å². The van der Waals surface area contributed by atoms with E-state index in [4.69, 9.17) is 9.97 Å². The topological polar surface area (TPSA) is 57.4 Å². The van der Waals surface area contributed by atoms with Gasteiger partial charge in [-0.05, 0) is 11.1 Å². The van der Waals surface area contributed by atoms with E-state index in [1.165, 1.54) is 11.1 Å². The molecular weight excluding hydrogens is 577 g/mol. The highest BCUT2D eigenvalue weighted by molar-refractivity contribution is 7.98. The number of H-pyrrole nitrogens is 2. The van der Waals surface area contributed by atoms with Gasteiger partial charge in [-0.25, -0.2) is 9.97 Å². The maximum atomic E-state index is 5.00. The van der Waals surface area contributed by atoms with Crippen LogP contribution >= 0.6 is 23.5 Å². The SMILES string of the molecule is c1ccc(-c2nc(SCc3ccc(CSc4nc(-c5ccccc5)c(-c5ccccc5)[nH]4)cc3)[nH]c2-c2ccccc2)cc1. The number of imidazole rings is 2. The molecule has 7 aromatic rings. The zero-order valence-electron chi connectivity index (χ0n) is 24.0. The van der Waals surface area contributed by atoms with Crippen LogP contribution in [0.2, 0.25) is 0 Å². The highest BCUT2D eigenvalue weighted by Gasteiger charge is 2.16. The molecule has 0 bridgehead atoms. The van der Waals surface area contributed by atoms with E-state index in [2.05, 4.69) is 131 Å². The third kappa shape index (κ3) is 6.42. The Balaban J connectivity index is 1.03. The number of rotatable bonds is 10. The van der Waals surface area contributed by atoms with E-state index in [0.29, 0.717) is 0 Å². The Morgan fingerprint density at radius 2 is 0.705 bits per heavy atom. The van der Waals surface area contributed by atoms with Crippen LogP contribution in [0.3, 0.4) is 0 Å². The van der Waals surface area contributed by atoms with Gasteiger partial charge in [0.25, 0.3) is 0 Å². The number of hydrogen-bond acceptors (Lipinski definition) is 4. The Morgan fingerprint density at radius 1 is 0.386 bits per heavy atom. The molecule has 2 N–H and O–H groups in total. The van der Waals surface area contributed by atoms with Crippen LogP contribution in [0.25, 0.3) is 45.0 Å².